The molecule has 4 saturated heterocycles. The molecule has 4 aliphatic heterocycles. The van der Waals surface area contributed by atoms with Gasteiger partial charge in [0.05, 0.1) is 5.71 Å². The monoisotopic (exact) mass is 329 g/mol. The van der Waals surface area contributed by atoms with E-state index < -0.39 is 0 Å². The second-order valence-electron chi connectivity index (χ2n) is 7.16. The Kier molecular flexibility index (Phi) is 3.83. The summed E-state index contributed by atoms with van der Waals surface area (Å²) in [6.45, 7) is 9.22. The van der Waals surface area contributed by atoms with Gasteiger partial charge in [0.25, 0.3) is 0 Å². The van der Waals surface area contributed by atoms with Gasteiger partial charge in [-0.15, -0.1) is 0 Å². The zero-order chi connectivity index (χ0) is 15.9. The van der Waals surface area contributed by atoms with Crippen LogP contribution >= 0.6 is 12.2 Å². The predicted octanol–water partition coefficient (Wildman–Crippen LogP) is 1.60. The van der Waals surface area contributed by atoms with E-state index in [0.29, 0.717) is 11.0 Å². The minimum atomic E-state index is 0.146. The highest BCUT2D eigenvalue weighted by atomic mass is 32.1. The lowest BCUT2D eigenvalue weighted by Gasteiger charge is -2.48. The van der Waals surface area contributed by atoms with E-state index in [0.717, 1.165) is 31.9 Å². The standard InChI is InChI=1S/C17H23N5S/c1-17-11-21-7-8-22(12-17)10-13(9-21)15(17)19-20-16(23)18-14-5-3-2-4-6-14/h2-6,13H,7-12H2,1H3,(H2,18,20,23)/b19-15+. The molecule has 5 rings (SSSR count). The second kappa shape index (κ2) is 5.85. The maximum absolute atomic E-state index is 5.38. The molecule has 0 amide bonds. The molecular weight excluding hydrogens is 306 g/mol. The maximum Gasteiger partial charge on any atom is 0.191 e. The van der Waals surface area contributed by atoms with Crippen LogP contribution in [0.5, 0.6) is 0 Å². The number of rotatable bonds is 2. The van der Waals surface area contributed by atoms with E-state index in [2.05, 4.69) is 27.5 Å². The van der Waals surface area contributed by atoms with Gasteiger partial charge in [-0.2, -0.15) is 5.10 Å². The van der Waals surface area contributed by atoms with Gasteiger partial charge in [-0.1, -0.05) is 25.1 Å². The molecule has 4 heterocycles. The minimum Gasteiger partial charge on any atom is -0.331 e. The lowest BCUT2D eigenvalue weighted by molar-refractivity contribution is 0.130. The van der Waals surface area contributed by atoms with Gasteiger partial charge in [0.2, 0.25) is 0 Å². The first-order chi connectivity index (χ1) is 11.1. The second-order valence-corrected chi connectivity index (χ2v) is 7.57. The highest BCUT2D eigenvalue weighted by molar-refractivity contribution is 7.80. The van der Waals surface area contributed by atoms with E-state index in [9.17, 15) is 0 Å². The maximum atomic E-state index is 5.38. The van der Waals surface area contributed by atoms with E-state index in [1.165, 1.54) is 18.8 Å². The molecule has 0 saturated carbocycles. The first-order valence-corrected chi connectivity index (χ1v) is 8.68. The molecule has 0 spiro atoms. The van der Waals surface area contributed by atoms with Crippen LogP contribution in [0, 0.1) is 11.3 Å². The topological polar surface area (TPSA) is 42.9 Å². The van der Waals surface area contributed by atoms with Gasteiger partial charge >= 0.3 is 0 Å². The molecule has 0 aromatic heterocycles. The fourth-order valence-electron chi connectivity index (χ4n) is 4.32. The van der Waals surface area contributed by atoms with Crippen LogP contribution in [0.1, 0.15) is 6.92 Å². The summed E-state index contributed by atoms with van der Waals surface area (Å²) in [7, 11) is 0. The molecule has 1 aromatic rings. The molecule has 5 nitrogen and oxygen atoms in total. The zero-order valence-corrected chi connectivity index (χ0v) is 14.3. The summed E-state index contributed by atoms with van der Waals surface area (Å²) >= 11 is 5.38. The third kappa shape index (κ3) is 2.98. The van der Waals surface area contributed by atoms with Crippen LogP contribution < -0.4 is 10.7 Å². The minimum absolute atomic E-state index is 0.146. The van der Waals surface area contributed by atoms with Crippen molar-refractivity contribution in [1.82, 2.24) is 15.2 Å². The molecule has 0 radical (unpaired) electrons. The number of anilines is 1. The number of benzene rings is 1. The molecule has 4 aliphatic rings. The number of thiocarbonyl (C=S) groups is 1. The van der Waals surface area contributed by atoms with Gasteiger partial charge in [0.15, 0.2) is 5.11 Å². The largest absolute Gasteiger partial charge is 0.331 e. The zero-order valence-electron chi connectivity index (χ0n) is 13.5. The van der Waals surface area contributed by atoms with Crippen LogP contribution in [0.3, 0.4) is 0 Å². The molecule has 2 unspecified atom stereocenters. The van der Waals surface area contributed by atoms with E-state index in [1.54, 1.807) is 0 Å². The van der Waals surface area contributed by atoms with Crippen LogP contribution in [0.25, 0.3) is 0 Å². The fourth-order valence-corrected chi connectivity index (χ4v) is 4.48. The Hall–Kier alpha value is -1.50. The molecule has 4 bridgehead atoms. The van der Waals surface area contributed by atoms with Gasteiger partial charge in [0.1, 0.15) is 0 Å². The number of hydrogen-bond donors (Lipinski definition) is 2. The van der Waals surface area contributed by atoms with Gasteiger partial charge in [-0.3, -0.25) is 5.43 Å². The van der Waals surface area contributed by atoms with Crippen molar-refractivity contribution >= 4 is 28.7 Å². The fraction of sp³-hybridized carbons (Fsp3) is 0.529. The molecule has 2 N–H and O–H groups in total. The van der Waals surface area contributed by atoms with Crippen molar-refractivity contribution in [2.24, 2.45) is 16.4 Å². The number of nitrogens with zero attached hydrogens (tertiary/aromatic N) is 3. The summed E-state index contributed by atoms with van der Waals surface area (Å²) in [5, 5.41) is 8.48. The van der Waals surface area contributed by atoms with Crippen LogP contribution in [-0.2, 0) is 0 Å². The smallest absolute Gasteiger partial charge is 0.191 e. The van der Waals surface area contributed by atoms with E-state index in [4.69, 9.17) is 17.3 Å². The lowest BCUT2D eigenvalue weighted by atomic mass is 9.72. The van der Waals surface area contributed by atoms with Gasteiger partial charge in [-0.25, -0.2) is 0 Å². The Morgan fingerprint density at radius 2 is 1.83 bits per heavy atom. The first kappa shape index (κ1) is 15.1. The summed E-state index contributed by atoms with van der Waals surface area (Å²) in [4.78, 5) is 5.19. The molecule has 6 heteroatoms. The summed E-state index contributed by atoms with van der Waals surface area (Å²) < 4.78 is 0. The van der Waals surface area contributed by atoms with Crippen molar-refractivity contribution in [3.8, 4) is 0 Å². The summed E-state index contributed by atoms with van der Waals surface area (Å²) in [5.74, 6) is 0.525. The lowest BCUT2D eigenvalue weighted by Crippen LogP contribution is -2.60. The molecule has 122 valence electrons. The summed E-state index contributed by atoms with van der Waals surface area (Å²) in [6, 6.07) is 9.96. The van der Waals surface area contributed by atoms with Crippen LogP contribution in [0.15, 0.2) is 35.4 Å². The Morgan fingerprint density at radius 1 is 1.17 bits per heavy atom. The molecular formula is C17H23N5S. The van der Waals surface area contributed by atoms with Crippen LogP contribution in [0.2, 0.25) is 0 Å². The highest BCUT2D eigenvalue weighted by Gasteiger charge is 2.49. The summed E-state index contributed by atoms with van der Waals surface area (Å²) in [6.07, 6.45) is 0. The number of para-hydroxylation sites is 1. The summed E-state index contributed by atoms with van der Waals surface area (Å²) in [5.41, 5.74) is 5.50. The number of nitrogens with one attached hydrogen (secondary N) is 2. The van der Waals surface area contributed by atoms with Crippen LogP contribution in [-0.4, -0.2) is 59.9 Å². The van der Waals surface area contributed by atoms with E-state index in [-0.39, 0.29) is 5.41 Å². The Labute approximate surface area is 142 Å². The normalized spacial score (nSPS) is 36.7. The molecule has 4 fully saturated rings. The molecule has 0 aliphatic carbocycles. The molecule has 23 heavy (non-hydrogen) atoms. The van der Waals surface area contributed by atoms with Crippen molar-refractivity contribution in [2.75, 3.05) is 44.6 Å². The average Bonchev–Trinajstić information content (AvgIpc) is 2.74. The van der Waals surface area contributed by atoms with Crippen molar-refractivity contribution in [1.29, 1.82) is 0 Å². The van der Waals surface area contributed by atoms with Crippen molar-refractivity contribution in [3.63, 3.8) is 0 Å². The van der Waals surface area contributed by atoms with Gasteiger partial charge in [-0.05, 0) is 24.4 Å². The molecule has 2 atom stereocenters. The van der Waals surface area contributed by atoms with Crippen molar-refractivity contribution < 1.29 is 0 Å². The van der Waals surface area contributed by atoms with E-state index >= 15 is 0 Å². The molecule has 1 aromatic carbocycles. The van der Waals surface area contributed by atoms with E-state index in [1.807, 2.05) is 30.3 Å². The van der Waals surface area contributed by atoms with Gasteiger partial charge < -0.3 is 15.1 Å². The highest BCUT2D eigenvalue weighted by Crippen LogP contribution is 2.37. The number of piperidine rings is 2. The quantitative estimate of drug-likeness (QED) is 0.637. The van der Waals surface area contributed by atoms with Gasteiger partial charge in [0, 0.05) is 56.3 Å². The Bertz CT molecular complexity index is 613. The number of hydrogen-bond acceptors (Lipinski definition) is 4. The van der Waals surface area contributed by atoms with Crippen molar-refractivity contribution in [3.05, 3.63) is 30.3 Å². The predicted molar refractivity (Wildman–Crippen MR) is 97.7 cm³/mol. The Balaban J connectivity index is 1.47. The number of hydrazone groups is 1. The third-order valence-electron chi connectivity index (χ3n) is 5.15. The SMILES string of the molecule is CC12CN3CCN(CC(C3)/C1=N\NC(=S)Nc1ccccc1)C2. The number of fused-ring (bicyclic) bond motifs is 1. The average molecular weight is 329 g/mol. The van der Waals surface area contributed by atoms with Crippen LogP contribution in [0.4, 0.5) is 5.69 Å². The first-order valence-electron chi connectivity index (χ1n) is 8.27. The van der Waals surface area contributed by atoms with Crippen molar-refractivity contribution in [2.45, 2.75) is 6.92 Å². The third-order valence-corrected chi connectivity index (χ3v) is 5.34. The Morgan fingerprint density at radius 3 is 2.43 bits per heavy atom.